The lowest BCUT2D eigenvalue weighted by Gasteiger charge is -2.11. The van der Waals surface area contributed by atoms with E-state index < -0.39 is 4.92 Å². The highest BCUT2D eigenvalue weighted by Gasteiger charge is 2.17. The number of nitrogens with zero attached hydrogens (tertiary/aromatic N) is 1. The molecule has 1 atom stereocenters. The highest BCUT2D eigenvalue weighted by molar-refractivity contribution is 9.10. The summed E-state index contributed by atoms with van der Waals surface area (Å²) >= 11 is 3.15. The van der Waals surface area contributed by atoms with E-state index in [1.165, 1.54) is 6.07 Å². The van der Waals surface area contributed by atoms with Crippen molar-refractivity contribution in [1.29, 1.82) is 0 Å². The highest BCUT2D eigenvalue weighted by Crippen LogP contribution is 2.28. The number of nitro groups is 1. The van der Waals surface area contributed by atoms with E-state index in [1.807, 2.05) is 6.07 Å². The molecule has 1 aliphatic heterocycles. The van der Waals surface area contributed by atoms with E-state index in [2.05, 4.69) is 21.2 Å². The molecule has 86 valence electrons. The molecule has 5 nitrogen and oxygen atoms in total. The summed E-state index contributed by atoms with van der Waals surface area (Å²) in [6.07, 6.45) is 0.934. The van der Waals surface area contributed by atoms with E-state index in [0.29, 0.717) is 11.1 Å². The quantitative estimate of drug-likeness (QED) is 0.685. The molecule has 0 radical (unpaired) electrons. The molecule has 0 saturated carbocycles. The summed E-state index contributed by atoms with van der Waals surface area (Å²) in [5.74, 6) is 0. The Hall–Kier alpha value is -1.14. The van der Waals surface area contributed by atoms with Gasteiger partial charge in [0.15, 0.2) is 0 Å². The van der Waals surface area contributed by atoms with Crippen LogP contribution >= 0.6 is 15.9 Å². The number of nitro benzene ring substituents is 1. The van der Waals surface area contributed by atoms with Gasteiger partial charge >= 0.3 is 0 Å². The SMILES string of the molecule is O=[N+]([O-])c1cc(NC2CCOC2)ccc1Br. The lowest BCUT2D eigenvalue weighted by atomic mass is 10.2. The van der Waals surface area contributed by atoms with Gasteiger partial charge in [-0.25, -0.2) is 0 Å². The van der Waals surface area contributed by atoms with Crippen molar-refractivity contribution in [2.24, 2.45) is 0 Å². The number of rotatable bonds is 3. The first-order chi connectivity index (χ1) is 7.66. The van der Waals surface area contributed by atoms with Crippen LogP contribution in [0.25, 0.3) is 0 Å². The van der Waals surface area contributed by atoms with Crippen LogP contribution in [0.5, 0.6) is 0 Å². The fraction of sp³-hybridized carbons (Fsp3) is 0.400. The van der Waals surface area contributed by atoms with E-state index >= 15 is 0 Å². The molecule has 0 spiro atoms. The molecule has 2 rings (SSSR count). The molecule has 1 unspecified atom stereocenters. The van der Waals surface area contributed by atoms with Gasteiger partial charge in [-0.1, -0.05) is 0 Å². The number of benzene rings is 1. The van der Waals surface area contributed by atoms with Crippen LogP contribution in [-0.4, -0.2) is 24.2 Å². The first-order valence-corrected chi connectivity index (χ1v) is 5.74. The normalized spacial score (nSPS) is 19.7. The third-order valence-electron chi connectivity index (χ3n) is 2.44. The Morgan fingerprint density at radius 2 is 2.38 bits per heavy atom. The predicted molar refractivity (Wildman–Crippen MR) is 63.6 cm³/mol. The largest absolute Gasteiger partial charge is 0.380 e. The van der Waals surface area contributed by atoms with Gasteiger partial charge in [-0.15, -0.1) is 0 Å². The zero-order chi connectivity index (χ0) is 11.5. The fourth-order valence-corrected chi connectivity index (χ4v) is 2.02. The summed E-state index contributed by atoms with van der Waals surface area (Å²) in [6.45, 7) is 1.40. The van der Waals surface area contributed by atoms with Crippen molar-refractivity contribution < 1.29 is 9.66 Å². The van der Waals surface area contributed by atoms with E-state index in [4.69, 9.17) is 4.74 Å². The van der Waals surface area contributed by atoms with Crippen molar-refractivity contribution >= 4 is 27.3 Å². The minimum absolute atomic E-state index is 0.0731. The molecule has 1 aliphatic rings. The van der Waals surface area contributed by atoms with Crippen molar-refractivity contribution in [1.82, 2.24) is 0 Å². The van der Waals surface area contributed by atoms with Crippen molar-refractivity contribution in [3.05, 3.63) is 32.8 Å². The molecule has 6 heteroatoms. The van der Waals surface area contributed by atoms with Crippen molar-refractivity contribution in [3.8, 4) is 0 Å². The number of ether oxygens (including phenoxy) is 1. The topological polar surface area (TPSA) is 64.4 Å². The molecule has 1 fully saturated rings. The smallest absolute Gasteiger partial charge is 0.285 e. The maximum Gasteiger partial charge on any atom is 0.285 e. The standard InChI is InChI=1S/C10H11BrN2O3/c11-9-2-1-7(5-10(9)13(14)15)12-8-3-4-16-6-8/h1-2,5,8,12H,3-4,6H2. The van der Waals surface area contributed by atoms with Crippen LogP contribution in [0, 0.1) is 10.1 Å². The number of halogens is 1. The van der Waals surface area contributed by atoms with Gasteiger partial charge in [-0.05, 0) is 34.5 Å². The average Bonchev–Trinajstić information content (AvgIpc) is 2.73. The Morgan fingerprint density at radius 1 is 1.56 bits per heavy atom. The van der Waals surface area contributed by atoms with Crippen LogP contribution in [0.15, 0.2) is 22.7 Å². The minimum atomic E-state index is -0.402. The van der Waals surface area contributed by atoms with Gasteiger partial charge < -0.3 is 10.1 Å². The second-order valence-electron chi connectivity index (χ2n) is 3.63. The first kappa shape index (κ1) is 11.3. The second kappa shape index (κ2) is 4.80. The summed E-state index contributed by atoms with van der Waals surface area (Å²) < 4.78 is 5.72. The lowest BCUT2D eigenvalue weighted by Crippen LogP contribution is -2.18. The van der Waals surface area contributed by atoms with E-state index in [0.717, 1.165) is 18.7 Å². The molecular weight excluding hydrogens is 276 g/mol. The maximum atomic E-state index is 10.7. The molecule has 1 heterocycles. The van der Waals surface area contributed by atoms with Crippen LogP contribution in [0.3, 0.4) is 0 Å². The van der Waals surface area contributed by atoms with Gasteiger partial charge in [-0.2, -0.15) is 0 Å². The summed E-state index contributed by atoms with van der Waals surface area (Å²) in [5, 5.41) is 13.9. The molecule has 1 aromatic rings. The third kappa shape index (κ3) is 2.51. The molecule has 1 aromatic carbocycles. The van der Waals surface area contributed by atoms with E-state index in [9.17, 15) is 10.1 Å². The lowest BCUT2D eigenvalue weighted by molar-refractivity contribution is -0.385. The molecule has 1 N–H and O–H groups in total. The summed E-state index contributed by atoms with van der Waals surface area (Å²) in [7, 11) is 0. The van der Waals surface area contributed by atoms with Gasteiger partial charge in [0.2, 0.25) is 0 Å². The predicted octanol–water partition coefficient (Wildman–Crippen LogP) is 2.56. The van der Waals surface area contributed by atoms with E-state index in [1.54, 1.807) is 6.07 Å². The Bertz CT molecular complexity index is 405. The Morgan fingerprint density at radius 3 is 3.00 bits per heavy atom. The van der Waals surface area contributed by atoms with Gasteiger partial charge in [0.25, 0.3) is 5.69 Å². The third-order valence-corrected chi connectivity index (χ3v) is 3.11. The van der Waals surface area contributed by atoms with Crippen LogP contribution in [0.1, 0.15) is 6.42 Å². The summed E-state index contributed by atoms with van der Waals surface area (Å²) in [4.78, 5) is 10.3. The Balaban J connectivity index is 2.15. The summed E-state index contributed by atoms with van der Waals surface area (Å²) in [5.41, 5.74) is 0.828. The van der Waals surface area contributed by atoms with Gasteiger partial charge in [0.05, 0.1) is 22.0 Å². The Kier molecular flexibility index (Phi) is 3.40. The van der Waals surface area contributed by atoms with Crippen molar-refractivity contribution in [2.45, 2.75) is 12.5 Å². The van der Waals surface area contributed by atoms with Crippen molar-refractivity contribution in [3.63, 3.8) is 0 Å². The molecule has 16 heavy (non-hydrogen) atoms. The van der Waals surface area contributed by atoms with E-state index in [-0.39, 0.29) is 11.7 Å². The van der Waals surface area contributed by atoms with Gasteiger partial charge in [0, 0.05) is 18.4 Å². The molecule has 0 aromatic heterocycles. The maximum absolute atomic E-state index is 10.7. The zero-order valence-electron chi connectivity index (χ0n) is 8.48. The van der Waals surface area contributed by atoms with Crippen molar-refractivity contribution in [2.75, 3.05) is 18.5 Å². The zero-order valence-corrected chi connectivity index (χ0v) is 10.1. The number of nitrogens with one attached hydrogen (secondary N) is 1. The second-order valence-corrected chi connectivity index (χ2v) is 4.48. The summed E-state index contributed by atoms with van der Waals surface area (Å²) in [6, 6.07) is 5.27. The molecule has 0 aliphatic carbocycles. The number of hydrogen-bond donors (Lipinski definition) is 1. The molecular formula is C10H11BrN2O3. The number of anilines is 1. The monoisotopic (exact) mass is 286 g/mol. The van der Waals surface area contributed by atoms with Crippen LogP contribution < -0.4 is 5.32 Å². The van der Waals surface area contributed by atoms with Gasteiger partial charge in [0.1, 0.15) is 0 Å². The average molecular weight is 287 g/mol. The molecule has 1 saturated heterocycles. The first-order valence-electron chi connectivity index (χ1n) is 4.95. The number of hydrogen-bond acceptors (Lipinski definition) is 4. The highest BCUT2D eigenvalue weighted by atomic mass is 79.9. The molecule has 0 amide bonds. The molecule has 0 bridgehead atoms. The Labute approximate surface area is 101 Å². The van der Waals surface area contributed by atoms with Crippen LogP contribution in [0.4, 0.5) is 11.4 Å². The van der Waals surface area contributed by atoms with Gasteiger partial charge in [-0.3, -0.25) is 10.1 Å². The van der Waals surface area contributed by atoms with Crippen LogP contribution in [-0.2, 0) is 4.74 Å². The van der Waals surface area contributed by atoms with Crippen LogP contribution in [0.2, 0.25) is 0 Å². The fourth-order valence-electron chi connectivity index (χ4n) is 1.63. The minimum Gasteiger partial charge on any atom is -0.380 e.